The maximum atomic E-state index is 12.5. The van der Waals surface area contributed by atoms with Gasteiger partial charge in [0.2, 0.25) is 5.91 Å². The van der Waals surface area contributed by atoms with Crippen LogP contribution in [0.2, 0.25) is 0 Å². The van der Waals surface area contributed by atoms with Crippen LogP contribution in [0, 0.1) is 6.92 Å². The van der Waals surface area contributed by atoms with E-state index in [9.17, 15) is 14.4 Å². The standard InChI is InChI=1S/C18H22N4O3/c1-3-22-15-8-7-12(10-14(15)20-11(2)18(22)25)16(23)21-13-6-4-5-9-19-17(13)24/h7-8,10,13H,3-6,9H2,1-2H3,(H,19,24)(H,21,23)/t13-/m0/s1. The predicted molar refractivity (Wildman–Crippen MR) is 94.5 cm³/mol. The molecule has 7 nitrogen and oxygen atoms in total. The lowest BCUT2D eigenvalue weighted by Crippen LogP contribution is -2.45. The number of amides is 2. The maximum absolute atomic E-state index is 12.5. The van der Waals surface area contributed by atoms with Crippen LogP contribution in [-0.4, -0.2) is 34.0 Å². The van der Waals surface area contributed by atoms with Gasteiger partial charge in [-0.1, -0.05) is 0 Å². The molecule has 1 aromatic carbocycles. The highest BCUT2D eigenvalue weighted by atomic mass is 16.2. The summed E-state index contributed by atoms with van der Waals surface area (Å²) < 4.78 is 1.64. The summed E-state index contributed by atoms with van der Waals surface area (Å²) in [6.07, 6.45) is 2.45. The van der Waals surface area contributed by atoms with Crippen LogP contribution in [0.25, 0.3) is 11.0 Å². The molecule has 7 heteroatoms. The Labute approximate surface area is 145 Å². The number of aryl methyl sites for hydroxylation is 2. The number of benzene rings is 1. The molecule has 2 heterocycles. The minimum absolute atomic E-state index is 0.123. The lowest BCUT2D eigenvalue weighted by molar-refractivity contribution is -0.122. The number of hydrogen-bond donors (Lipinski definition) is 2. The minimum Gasteiger partial charge on any atom is -0.354 e. The molecule has 0 spiro atoms. The summed E-state index contributed by atoms with van der Waals surface area (Å²) in [6.45, 7) is 4.74. The first-order chi connectivity index (χ1) is 12.0. The number of fused-ring (bicyclic) bond motifs is 1. The smallest absolute Gasteiger partial charge is 0.272 e. The van der Waals surface area contributed by atoms with Crippen molar-refractivity contribution >= 4 is 22.8 Å². The average molecular weight is 342 g/mol. The fourth-order valence-corrected chi connectivity index (χ4v) is 3.15. The van der Waals surface area contributed by atoms with E-state index in [1.165, 1.54) is 0 Å². The molecule has 0 bridgehead atoms. The third kappa shape index (κ3) is 3.40. The molecule has 3 rings (SSSR count). The summed E-state index contributed by atoms with van der Waals surface area (Å²) >= 11 is 0. The van der Waals surface area contributed by atoms with Crippen LogP contribution in [0.1, 0.15) is 42.2 Å². The van der Waals surface area contributed by atoms with Crippen molar-refractivity contribution in [3.8, 4) is 0 Å². The zero-order valence-electron chi connectivity index (χ0n) is 14.5. The van der Waals surface area contributed by atoms with Crippen LogP contribution in [0.3, 0.4) is 0 Å². The molecule has 25 heavy (non-hydrogen) atoms. The summed E-state index contributed by atoms with van der Waals surface area (Å²) in [5.74, 6) is -0.446. The molecule has 1 aliphatic heterocycles. The Morgan fingerprint density at radius 3 is 2.92 bits per heavy atom. The zero-order valence-corrected chi connectivity index (χ0v) is 14.5. The minimum atomic E-state index is -0.509. The van der Waals surface area contributed by atoms with Gasteiger partial charge in [0, 0.05) is 18.7 Å². The predicted octanol–water partition coefficient (Wildman–Crippen LogP) is 1.12. The van der Waals surface area contributed by atoms with Crippen LogP contribution in [0.5, 0.6) is 0 Å². The topological polar surface area (TPSA) is 93.1 Å². The van der Waals surface area contributed by atoms with Crippen molar-refractivity contribution in [1.82, 2.24) is 20.2 Å². The van der Waals surface area contributed by atoms with Gasteiger partial charge in [-0.2, -0.15) is 0 Å². The first-order valence-corrected chi connectivity index (χ1v) is 8.61. The lowest BCUT2D eigenvalue weighted by Gasteiger charge is -2.15. The van der Waals surface area contributed by atoms with E-state index in [1.54, 1.807) is 29.7 Å². The van der Waals surface area contributed by atoms with Crippen LogP contribution in [0.4, 0.5) is 0 Å². The molecule has 2 N–H and O–H groups in total. The third-order valence-corrected chi connectivity index (χ3v) is 4.53. The first kappa shape index (κ1) is 17.1. The Kier molecular flexibility index (Phi) is 4.83. The van der Waals surface area contributed by atoms with E-state index in [2.05, 4.69) is 15.6 Å². The highest BCUT2D eigenvalue weighted by Crippen LogP contribution is 2.14. The zero-order chi connectivity index (χ0) is 18.0. The Bertz CT molecular complexity index is 888. The second-order valence-corrected chi connectivity index (χ2v) is 6.26. The fourth-order valence-electron chi connectivity index (χ4n) is 3.15. The molecule has 0 aliphatic carbocycles. The molecule has 0 unspecified atom stereocenters. The number of aromatic nitrogens is 2. The highest BCUT2D eigenvalue weighted by Gasteiger charge is 2.23. The van der Waals surface area contributed by atoms with Crippen LogP contribution in [0.15, 0.2) is 23.0 Å². The van der Waals surface area contributed by atoms with Crippen LogP contribution < -0.4 is 16.2 Å². The molecular weight excluding hydrogens is 320 g/mol. The van der Waals surface area contributed by atoms with Gasteiger partial charge in [0.15, 0.2) is 0 Å². The summed E-state index contributed by atoms with van der Waals surface area (Å²) in [4.78, 5) is 41.0. The third-order valence-electron chi connectivity index (χ3n) is 4.53. The summed E-state index contributed by atoms with van der Waals surface area (Å²) in [7, 11) is 0. The van der Waals surface area contributed by atoms with Gasteiger partial charge in [-0.25, -0.2) is 4.98 Å². The molecule has 132 valence electrons. The number of hydrogen-bond acceptors (Lipinski definition) is 4. The van der Waals surface area contributed by atoms with Crippen molar-refractivity contribution in [2.45, 2.75) is 45.7 Å². The largest absolute Gasteiger partial charge is 0.354 e. The maximum Gasteiger partial charge on any atom is 0.272 e. The van der Waals surface area contributed by atoms with Crippen LogP contribution in [-0.2, 0) is 11.3 Å². The molecule has 1 aromatic heterocycles. The van der Waals surface area contributed by atoms with Crippen molar-refractivity contribution in [2.24, 2.45) is 0 Å². The Morgan fingerprint density at radius 1 is 1.36 bits per heavy atom. The molecule has 1 atom stereocenters. The van der Waals surface area contributed by atoms with Gasteiger partial charge in [0.05, 0.1) is 11.0 Å². The summed E-state index contributed by atoms with van der Waals surface area (Å²) in [5, 5.41) is 5.60. The number of rotatable bonds is 3. The molecular formula is C18H22N4O3. The lowest BCUT2D eigenvalue weighted by atomic mass is 10.1. The molecule has 1 fully saturated rings. The second-order valence-electron chi connectivity index (χ2n) is 6.26. The average Bonchev–Trinajstić information content (AvgIpc) is 2.80. The van der Waals surface area contributed by atoms with Crippen LogP contribution >= 0.6 is 0 Å². The van der Waals surface area contributed by atoms with Crippen molar-refractivity contribution in [3.05, 3.63) is 39.8 Å². The van der Waals surface area contributed by atoms with Gasteiger partial charge < -0.3 is 15.2 Å². The number of carbonyl (C=O) groups is 2. The Balaban J connectivity index is 1.91. The summed E-state index contributed by atoms with van der Waals surface area (Å²) in [6, 6.07) is 4.55. The molecule has 0 radical (unpaired) electrons. The second kappa shape index (κ2) is 7.04. The van der Waals surface area contributed by atoms with E-state index in [-0.39, 0.29) is 17.4 Å². The Hall–Kier alpha value is -2.70. The van der Waals surface area contributed by atoms with E-state index in [0.29, 0.717) is 41.8 Å². The number of nitrogens with one attached hydrogen (secondary N) is 2. The van der Waals surface area contributed by atoms with E-state index in [4.69, 9.17) is 0 Å². The quantitative estimate of drug-likeness (QED) is 0.874. The van der Waals surface area contributed by atoms with Crippen molar-refractivity contribution in [1.29, 1.82) is 0 Å². The molecule has 2 amide bonds. The molecule has 2 aromatic rings. The SMILES string of the molecule is CCn1c(=O)c(C)nc2cc(C(=O)N[C@H]3CCCCNC3=O)ccc21. The van der Waals surface area contributed by atoms with E-state index >= 15 is 0 Å². The molecule has 1 aliphatic rings. The van der Waals surface area contributed by atoms with Gasteiger partial charge in [-0.3, -0.25) is 14.4 Å². The van der Waals surface area contributed by atoms with Crippen molar-refractivity contribution in [2.75, 3.05) is 6.54 Å². The van der Waals surface area contributed by atoms with Gasteiger partial charge in [0.25, 0.3) is 11.5 Å². The van der Waals surface area contributed by atoms with Gasteiger partial charge >= 0.3 is 0 Å². The Morgan fingerprint density at radius 2 is 2.16 bits per heavy atom. The molecule has 1 saturated heterocycles. The number of carbonyl (C=O) groups excluding carboxylic acids is 2. The first-order valence-electron chi connectivity index (χ1n) is 8.61. The van der Waals surface area contributed by atoms with E-state index in [1.807, 2.05) is 6.92 Å². The van der Waals surface area contributed by atoms with Gasteiger partial charge in [0.1, 0.15) is 11.7 Å². The number of nitrogens with zero attached hydrogens (tertiary/aromatic N) is 2. The monoisotopic (exact) mass is 342 g/mol. The highest BCUT2D eigenvalue weighted by molar-refractivity contribution is 5.99. The summed E-state index contributed by atoms with van der Waals surface area (Å²) in [5.41, 5.74) is 1.99. The fraction of sp³-hybridized carbons (Fsp3) is 0.444. The van der Waals surface area contributed by atoms with Crippen molar-refractivity contribution in [3.63, 3.8) is 0 Å². The van der Waals surface area contributed by atoms with Gasteiger partial charge in [-0.05, 0) is 51.3 Å². The normalized spacial score (nSPS) is 17.8. The van der Waals surface area contributed by atoms with E-state index < -0.39 is 6.04 Å². The molecule has 0 saturated carbocycles. The van der Waals surface area contributed by atoms with Gasteiger partial charge in [-0.15, -0.1) is 0 Å². The van der Waals surface area contributed by atoms with Crippen molar-refractivity contribution < 1.29 is 9.59 Å². The van der Waals surface area contributed by atoms with E-state index in [0.717, 1.165) is 12.8 Å².